The zero-order chi connectivity index (χ0) is 14.6. The molecule has 1 aromatic rings. The monoisotopic (exact) mass is 266 g/mol. The highest BCUT2D eigenvalue weighted by Crippen LogP contribution is 2.20. The minimum absolute atomic E-state index is 0.102. The van der Waals surface area contributed by atoms with Crippen LogP contribution in [-0.4, -0.2) is 35.6 Å². The van der Waals surface area contributed by atoms with Gasteiger partial charge in [-0.1, -0.05) is 0 Å². The minimum Gasteiger partial charge on any atom is -0.477 e. The second kappa shape index (κ2) is 5.55. The Morgan fingerprint density at radius 2 is 2.05 bits per heavy atom. The average Bonchev–Trinajstić information content (AvgIpc) is 2.36. The topological polar surface area (TPSA) is 117 Å². The standard InChI is InChI=1S/C12H18N4O3/c1-12(2,11(19)14-3)6-15-9-7(13)4-5-8(16-9)10(17)18/h4-5H,6,13H2,1-3H3,(H,14,19)(H,15,16)(H,17,18). The lowest BCUT2D eigenvalue weighted by atomic mass is 9.92. The molecule has 0 aromatic carbocycles. The Hall–Kier alpha value is -2.31. The third-order valence-electron chi connectivity index (χ3n) is 2.69. The van der Waals surface area contributed by atoms with Crippen LogP contribution in [0.25, 0.3) is 0 Å². The predicted octanol–water partition coefficient (Wildman–Crippen LogP) is 0.546. The fraction of sp³-hybridized carbons (Fsp3) is 0.417. The smallest absolute Gasteiger partial charge is 0.354 e. The third kappa shape index (κ3) is 3.57. The van der Waals surface area contributed by atoms with E-state index >= 15 is 0 Å². The van der Waals surface area contributed by atoms with Gasteiger partial charge in [-0.05, 0) is 26.0 Å². The lowest BCUT2D eigenvalue weighted by Crippen LogP contribution is -2.39. The summed E-state index contributed by atoms with van der Waals surface area (Å²) < 4.78 is 0. The second-order valence-corrected chi connectivity index (χ2v) is 4.76. The van der Waals surface area contributed by atoms with Crippen molar-refractivity contribution in [2.75, 3.05) is 24.6 Å². The zero-order valence-electron chi connectivity index (χ0n) is 11.2. The first-order valence-electron chi connectivity index (χ1n) is 5.74. The highest BCUT2D eigenvalue weighted by molar-refractivity contribution is 5.87. The number of anilines is 2. The molecule has 19 heavy (non-hydrogen) atoms. The van der Waals surface area contributed by atoms with Gasteiger partial charge in [0, 0.05) is 13.6 Å². The largest absolute Gasteiger partial charge is 0.477 e. The van der Waals surface area contributed by atoms with Gasteiger partial charge in [-0.15, -0.1) is 0 Å². The third-order valence-corrected chi connectivity index (χ3v) is 2.69. The van der Waals surface area contributed by atoms with E-state index in [4.69, 9.17) is 10.8 Å². The molecule has 0 saturated heterocycles. The van der Waals surface area contributed by atoms with Crippen molar-refractivity contribution in [2.45, 2.75) is 13.8 Å². The summed E-state index contributed by atoms with van der Waals surface area (Å²) in [6, 6.07) is 2.79. The van der Waals surface area contributed by atoms with Gasteiger partial charge in [-0.25, -0.2) is 9.78 Å². The number of carbonyl (C=O) groups excluding carboxylic acids is 1. The van der Waals surface area contributed by atoms with Crippen molar-refractivity contribution in [2.24, 2.45) is 5.41 Å². The van der Waals surface area contributed by atoms with Crippen molar-refractivity contribution < 1.29 is 14.7 Å². The van der Waals surface area contributed by atoms with Crippen LogP contribution in [0.2, 0.25) is 0 Å². The molecule has 0 aliphatic heterocycles. The van der Waals surface area contributed by atoms with Crippen LogP contribution in [0.4, 0.5) is 11.5 Å². The number of nitrogens with zero attached hydrogens (tertiary/aromatic N) is 1. The maximum atomic E-state index is 11.6. The van der Waals surface area contributed by atoms with Crippen LogP contribution in [0.15, 0.2) is 12.1 Å². The van der Waals surface area contributed by atoms with Gasteiger partial charge >= 0.3 is 5.97 Å². The van der Waals surface area contributed by atoms with Gasteiger partial charge in [0.25, 0.3) is 0 Å². The van der Waals surface area contributed by atoms with Gasteiger partial charge < -0.3 is 21.5 Å². The number of nitrogen functional groups attached to an aromatic ring is 1. The van der Waals surface area contributed by atoms with Crippen molar-refractivity contribution in [3.63, 3.8) is 0 Å². The molecule has 0 aliphatic carbocycles. The van der Waals surface area contributed by atoms with Gasteiger partial charge in [0.15, 0.2) is 5.69 Å². The SMILES string of the molecule is CNC(=O)C(C)(C)CNc1nc(C(=O)O)ccc1N. The molecule has 1 heterocycles. The van der Waals surface area contributed by atoms with E-state index in [1.54, 1.807) is 20.9 Å². The summed E-state index contributed by atoms with van der Waals surface area (Å²) in [7, 11) is 1.56. The summed E-state index contributed by atoms with van der Waals surface area (Å²) >= 11 is 0. The number of carboxylic acid groups (broad SMARTS) is 1. The van der Waals surface area contributed by atoms with E-state index in [1.807, 2.05) is 0 Å². The van der Waals surface area contributed by atoms with Gasteiger partial charge in [-0.3, -0.25) is 4.79 Å². The lowest BCUT2D eigenvalue weighted by molar-refractivity contribution is -0.128. The summed E-state index contributed by atoms with van der Waals surface area (Å²) in [5, 5.41) is 14.3. The second-order valence-electron chi connectivity index (χ2n) is 4.76. The van der Waals surface area contributed by atoms with Gasteiger partial charge in [-0.2, -0.15) is 0 Å². The summed E-state index contributed by atoms with van der Waals surface area (Å²) in [5.74, 6) is -1.00. The minimum atomic E-state index is -1.13. The van der Waals surface area contributed by atoms with Crippen molar-refractivity contribution in [3.8, 4) is 0 Å². The van der Waals surface area contributed by atoms with Crippen LogP contribution < -0.4 is 16.4 Å². The molecule has 7 nitrogen and oxygen atoms in total. The van der Waals surface area contributed by atoms with Gasteiger partial charge in [0.2, 0.25) is 5.91 Å². The number of aromatic nitrogens is 1. The first-order chi connectivity index (χ1) is 8.77. The highest BCUT2D eigenvalue weighted by Gasteiger charge is 2.26. The van der Waals surface area contributed by atoms with Crippen LogP contribution in [0, 0.1) is 5.41 Å². The summed E-state index contributed by atoms with van der Waals surface area (Å²) in [6.45, 7) is 3.80. The van der Waals surface area contributed by atoms with Crippen LogP contribution >= 0.6 is 0 Å². The zero-order valence-corrected chi connectivity index (χ0v) is 11.2. The normalized spacial score (nSPS) is 10.9. The maximum Gasteiger partial charge on any atom is 0.354 e. The average molecular weight is 266 g/mol. The van der Waals surface area contributed by atoms with Crippen LogP contribution in [-0.2, 0) is 4.79 Å². The van der Waals surface area contributed by atoms with E-state index in [2.05, 4.69) is 15.6 Å². The molecule has 0 spiro atoms. The number of rotatable bonds is 5. The molecule has 0 aliphatic rings. The van der Waals surface area contributed by atoms with Crippen molar-refractivity contribution >= 4 is 23.4 Å². The van der Waals surface area contributed by atoms with E-state index in [9.17, 15) is 9.59 Å². The molecule has 104 valence electrons. The molecular weight excluding hydrogens is 248 g/mol. The first-order valence-corrected chi connectivity index (χ1v) is 5.74. The quantitative estimate of drug-likeness (QED) is 0.618. The highest BCUT2D eigenvalue weighted by atomic mass is 16.4. The Morgan fingerprint density at radius 3 is 2.58 bits per heavy atom. The molecule has 1 rings (SSSR count). The molecule has 1 amide bonds. The molecule has 7 heteroatoms. The Balaban J connectivity index is 2.85. The fourth-order valence-electron chi connectivity index (χ4n) is 1.45. The number of hydrogen-bond acceptors (Lipinski definition) is 5. The lowest BCUT2D eigenvalue weighted by Gasteiger charge is -2.23. The predicted molar refractivity (Wildman–Crippen MR) is 71.9 cm³/mol. The fourth-order valence-corrected chi connectivity index (χ4v) is 1.45. The molecule has 1 aromatic heterocycles. The maximum absolute atomic E-state index is 11.6. The van der Waals surface area contributed by atoms with Gasteiger partial charge in [0.1, 0.15) is 5.82 Å². The summed E-state index contributed by atoms with van der Waals surface area (Å²) in [4.78, 5) is 26.3. The van der Waals surface area contributed by atoms with E-state index in [1.165, 1.54) is 12.1 Å². The molecule has 5 N–H and O–H groups in total. The number of nitrogens with one attached hydrogen (secondary N) is 2. The molecule has 0 atom stereocenters. The summed E-state index contributed by atoms with van der Waals surface area (Å²) in [6.07, 6.45) is 0. The Morgan fingerprint density at radius 1 is 1.42 bits per heavy atom. The van der Waals surface area contributed by atoms with Crippen molar-refractivity contribution in [3.05, 3.63) is 17.8 Å². The van der Waals surface area contributed by atoms with Crippen LogP contribution in [0.5, 0.6) is 0 Å². The molecule has 0 saturated carbocycles. The number of amides is 1. The van der Waals surface area contributed by atoms with E-state index in [0.29, 0.717) is 5.69 Å². The molecule has 0 unspecified atom stereocenters. The number of pyridine rings is 1. The van der Waals surface area contributed by atoms with E-state index in [0.717, 1.165) is 0 Å². The number of nitrogens with two attached hydrogens (primary N) is 1. The summed E-state index contributed by atoms with van der Waals surface area (Å²) in [5.41, 5.74) is 5.27. The Bertz CT molecular complexity index is 500. The Labute approximate surface area is 111 Å². The number of hydrogen-bond donors (Lipinski definition) is 4. The Kier molecular flexibility index (Phi) is 4.31. The van der Waals surface area contributed by atoms with Crippen molar-refractivity contribution in [1.29, 1.82) is 0 Å². The number of carbonyl (C=O) groups is 2. The van der Waals surface area contributed by atoms with Gasteiger partial charge in [0.05, 0.1) is 11.1 Å². The number of aromatic carboxylic acids is 1. The molecule has 0 radical (unpaired) electrons. The molecule has 0 bridgehead atoms. The van der Waals surface area contributed by atoms with Crippen molar-refractivity contribution in [1.82, 2.24) is 10.3 Å². The van der Waals surface area contributed by atoms with E-state index < -0.39 is 11.4 Å². The number of carboxylic acids is 1. The van der Waals surface area contributed by atoms with E-state index in [-0.39, 0.29) is 24.0 Å². The van der Waals surface area contributed by atoms with Crippen LogP contribution in [0.1, 0.15) is 24.3 Å². The van der Waals surface area contributed by atoms with Crippen LogP contribution in [0.3, 0.4) is 0 Å². The molecule has 0 fully saturated rings. The first kappa shape index (κ1) is 14.7. The molecular formula is C12H18N4O3.